The van der Waals surface area contributed by atoms with Gasteiger partial charge in [-0.15, -0.1) is 0 Å². The van der Waals surface area contributed by atoms with Crippen LogP contribution in [0.4, 0.5) is 10.5 Å². The number of benzene rings is 2. The Balaban J connectivity index is 1.97. The van der Waals surface area contributed by atoms with E-state index in [0.717, 1.165) is 15.8 Å². The zero-order valence-corrected chi connectivity index (χ0v) is 18.3. The number of anilines is 1. The van der Waals surface area contributed by atoms with Crippen LogP contribution in [0, 0.1) is 0 Å². The minimum Gasteiger partial charge on any atom is -0.490 e. The van der Waals surface area contributed by atoms with E-state index < -0.39 is 17.8 Å². The van der Waals surface area contributed by atoms with Gasteiger partial charge >= 0.3 is 6.03 Å². The van der Waals surface area contributed by atoms with Crippen molar-refractivity contribution in [3.63, 3.8) is 0 Å². The second-order valence-corrected chi connectivity index (χ2v) is 7.83. The SMILES string of the molecule is CCCOc1c(Cl)cc(C=C2C(=O)NC(=O)N(c3ccc(Br)cc3)C2=O)cc1Cl. The predicted octanol–water partition coefficient (Wildman–Crippen LogP) is 5.21. The molecule has 1 N–H and O–H groups in total. The number of nitrogens with zero attached hydrogens (tertiary/aromatic N) is 1. The van der Waals surface area contributed by atoms with Gasteiger partial charge in [0.05, 0.1) is 22.3 Å². The number of halogens is 3. The van der Waals surface area contributed by atoms with Crippen LogP contribution >= 0.6 is 39.1 Å². The second kappa shape index (κ2) is 8.98. The molecule has 4 amide bonds. The van der Waals surface area contributed by atoms with E-state index in [1.54, 1.807) is 24.3 Å². The van der Waals surface area contributed by atoms with E-state index in [2.05, 4.69) is 21.2 Å². The van der Waals surface area contributed by atoms with E-state index in [4.69, 9.17) is 27.9 Å². The van der Waals surface area contributed by atoms with Gasteiger partial charge in [0.15, 0.2) is 5.75 Å². The van der Waals surface area contributed by atoms with E-state index in [0.29, 0.717) is 23.6 Å². The Bertz CT molecular complexity index is 999. The van der Waals surface area contributed by atoms with Crippen LogP contribution in [-0.2, 0) is 9.59 Å². The third-order valence-corrected chi connectivity index (χ3v) is 5.06. The molecule has 6 nitrogen and oxygen atoms in total. The topological polar surface area (TPSA) is 75.7 Å². The molecule has 150 valence electrons. The van der Waals surface area contributed by atoms with Crippen LogP contribution in [0.15, 0.2) is 46.4 Å². The highest BCUT2D eigenvalue weighted by Gasteiger charge is 2.36. The van der Waals surface area contributed by atoms with E-state index in [1.807, 2.05) is 6.92 Å². The summed E-state index contributed by atoms with van der Waals surface area (Å²) in [7, 11) is 0. The molecule has 0 unspecified atom stereocenters. The fourth-order valence-electron chi connectivity index (χ4n) is 2.65. The van der Waals surface area contributed by atoms with Gasteiger partial charge < -0.3 is 4.74 Å². The number of imide groups is 2. The number of nitrogens with one attached hydrogen (secondary N) is 1. The highest BCUT2D eigenvalue weighted by Crippen LogP contribution is 2.35. The number of hydrogen-bond acceptors (Lipinski definition) is 4. The van der Waals surface area contributed by atoms with Crippen molar-refractivity contribution in [2.24, 2.45) is 0 Å². The zero-order chi connectivity index (χ0) is 21.1. The van der Waals surface area contributed by atoms with Crippen molar-refractivity contribution < 1.29 is 19.1 Å². The lowest BCUT2D eigenvalue weighted by Gasteiger charge is -2.26. The summed E-state index contributed by atoms with van der Waals surface area (Å²) in [6.45, 7) is 2.40. The number of carbonyl (C=O) groups excluding carboxylic acids is 3. The molecule has 0 atom stereocenters. The van der Waals surface area contributed by atoms with Crippen molar-refractivity contribution in [1.29, 1.82) is 0 Å². The summed E-state index contributed by atoms with van der Waals surface area (Å²) in [6, 6.07) is 8.79. The van der Waals surface area contributed by atoms with E-state index in [-0.39, 0.29) is 15.6 Å². The van der Waals surface area contributed by atoms with Crippen LogP contribution in [0.5, 0.6) is 5.75 Å². The van der Waals surface area contributed by atoms with Gasteiger partial charge in [-0.1, -0.05) is 46.1 Å². The number of barbiturate groups is 1. The van der Waals surface area contributed by atoms with Gasteiger partial charge in [0.25, 0.3) is 11.8 Å². The maximum atomic E-state index is 12.9. The summed E-state index contributed by atoms with van der Waals surface area (Å²) in [5.74, 6) is -1.21. The number of hydrogen-bond donors (Lipinski definition) is 1. The third-order valence-electron chi connectivity index (χ3n) is 3.97. The molecule has 0 bridgehead atoms. The summed E-state index contributed by atoms with van der Waals surface area (Å²) in [5.41, 5.74) is 0.530. The molecule has 2 aromatic carbocycles. The molecule has 1 aliphatic heterocycles. The molecule has 0 saturated carbocycles. The normalized spacial score (nSPS) is 15.7. The first kappa shape index (κ1) is 21.4. The Labute approximate surface area is 185 Å². The second-order valence-electron chi connectivity index (χ2n) is 6.10. The van der Waals surface area contributed by atoms with Gasteiger partial charge in [-0.3, -0.25) is 14.9 Å². The summed E-state index contributed by atoms with van der Waals surface area (Å²) in [4.78, 5) is 38.3. The first-order chi connectivity index (χ1) is 13.8. The Hall–Kier alpha value is -2.35. The molecule has 29 heavy (non-hydrogen) atoms. The summed E-state index contributed by atoms with van der Waals surface area (Å²) >= 11 is 15.8. The zero-order valence-electron chi connectivity index (χ0n) is 15.2. The standard InChI is InChI=1S/C20H15BrCl2N2O4/c1-2-7-29-17-15(22)9-11(10-16(17)23)8-14-18(26)24-20(28)25(19(14)27)13-5-3-12(21)4-6-13/h3-6,8-10H,2,7H2,1H3,(H,24,26,28). The molecule has 1 saturated heterocycles. The lowest BCUT2D eigenvalue weighted by molar-refractivity contribution is -0.122. The lowest BCUT2D eigenvalue weighted by atomic mass is 10.1. The summed E-state index contributed by atoms with van der Waals surface area (Å²) in [6.07, 6.45) is 2.12. The van der Waals surface area contributed by atoms with Crippen molar-refractivity contribution >= 4 is 68.7 Å². The van der Waals surface area contributed by atoms with Crippen LogP contribution in [0.2, 0.25) is 10.0 Å². The molecule has 2 aromatic rings. The predicted molar refractivity (Wildman–Crippen MR) is 115 cm³/mol. The van der Waals surface area contributed by atoms with E-state index >= 15 is 0 Å². The molecular weight excluding hydrogens is 483 g/mol. The Kier molecular flexibility index (Phi) is 6.62. The molecule has 0 radical (unpaired) electrons. The average molecular weight is 498 g/mol. The van der Waals surface area contributed by atoms with Gasteiger partial charge in [0, 0.05) is 4.47 Å². The number of urea groups is 1. The minimum absolute atomic E-state index is 0.220. The van der Waals surface area contributed by atoms with Crippen LogP contribution < -0.4 is 15.0 Å². The lowest BCUT2D eigenvalue weighted by Crippen LogP contribution is -2.54. The Morgan fingerprint density at radius 1 is 1.10 bits per heavy atom. The van der Waals surface area contributed by atoms with E-state index in [9.17, 15) is 14.4 Å². The number of rotatable bonds is 5. The molecule has 0 aliphatic carbocycles. The molecule has 0 spiro atoms. The molecule has 0 aromatic heterocycles. The fourth-order valence-corrected chi connectivity index (χ4v) is 3.53. The average Bonchev–Trinajstić information content (AvgIpc) is 2.66. The molecule has 3 rings (SSSR count). The minimum atomic E-state index is -0.821. The van der Waals surface area contributed by atoms with Crippen LogP contribution in [-0.4, -0.2) is 24.5 Å². The van der Waals surface area contributed by atoms with Crippen molar-refractivity contribution in [1.82, 2.24) is 5.32 Å². The molecular formula is C20H15BrCl2N2O4. The summed E-state index contributed by atoms with van der Waals surface area (Å²) < 4.78 is 6.30. The Morgan fingerprint density at radius 2 is 1.72 bits per heavy atom. The van der Waals surface area contributed by atoms with Gasteiger partial charge in [-0.25, -0.2) is 9.69 Å². The highest BCUT2D eigenvalue weighted by molar-refractivity contribution is 9.10. The Morgan fingerprint density at radius 3 is 2.31 bits per heavy atom. The monoisotopic (exact) mass is 496 g/mol. The molecule has 1 heterocycles. The first-order valence-corrected chi connectivity index (χ1v) is 10.2. The quantitative estimate of drug-likeness (QED) is 0.454. The van der Waals surface area contributed by atoms with Crippen molar-refractivity contribution in [3.8, 4) is 5.75 Å². The number of carbonyl (C=O) groups is 3. The van der Waals surface area contributed by atoms with Crippen molar-refractivity contribution in [2.45, 2.75) is 13.3 Å². The first-order valence-electron chi connectivity index (χ1n) is 8.60. The van der Waals surface area contributed by atoms with Gasteiger partial charge in [-0.05, 0) is 54.5 Å². The van der Waals surface area contributed by atoms with Gasteiger partial charge in [0.1, 0.15) is 5.57 Å². The van der Waals surface area contributed by atoms with Crippen LogP contribution in [0.1, 0.15) is 18.9 Å². The summed E-state index contributed by atoms with van der Waals surface area (Å²) in [5, 5.41) is 2.67. The van der Waals surface area contributed by atoms with Crippen molar-refractivity contribution in [3.05, 3.63) is 62.1 Å². The largest absolute Gasteiger partial charge is 0.490 e. The van der Waals surface area contributed by atoms with Crippen LogP contribution in [0.25, 0.3) is 6.08 Å². The van der Waals surface area contributed by atoms with Gasteiger partial charge in [0.2, 0.25) is 0 Å². The maximum Gasteiger partial charge on any atom is 0.335 e. The van der Waals surface area contributed by atoms with Crippen LogP contribution in [0.3, 0.4) is 0 Å². The third kappa shape index (κ3) is 4.63. The number of amides is 4. The molecule has 1 fully saturated rings. The molecule has 9 heteroatoms. The molecule has 1 aliphatic rings. The van der Waals surface area contributed by atoms with Crippen molar-refractivity contribution in [2.75, 3.05) is 11.5 Å². The van der Waals surface area contributed by atoms with Gasteiger partial charge in [-0.2, -0.15) is 0 Å². The highest BCUT2D eigenvalue weighted by atomic mass is 79.9. The smallest absolute Gasteiger partial charge is 0.335 e. The fraction of sp³-hybridized carbons (Fsp3) is 0.150. The van der Waals surface area contributed by atoms with E-state index in [1.165, 1.54) is 18.2 Å². The number of ether oxygens (including phenoxy) is 1. The maximum absolute atomic E-state index is 12.9.